The number of ether oxygens (including phenoxy) is 1. The van der Waals surface area contributed by atoms with Gasteiger partial charge in [0.05, 0.1) is 13.5 Å². The molecule has 1 aromatic carbocycles. The molecule has 0 saturated heterocycles. The van der Waals surface area contributed by atoms with Gasteiger partial charge in [-0.15, -0.1) is 0 Å². The van der Waals surface area contributed by atoms with E-state index in [1.807, 2.05) is 13.8 Å². The molecule has 0 amide bonds. The third-order valence-electron chi connectivity index (χ3n) is 7.43. The maximum atomic E-state index is 12.2. The van der Waals surface area contributed by atoms with Crippen LogP contribution in [0.4, 0.5) is 0 Å². The number of phenols is 2. The van der Waals surface area contributed by atoms with Gasteiger partial charge in [0.25, 0.3) is 0 Å². The summed E-state index contributed by atoms with van der Waals surface area (Å²) in [4.78, 5) is 12.2. The zero-order valence-corrected chi connectivity index (χ0v) is 20.7. The predicted molar refractivity (Wildman–Crippen MR) is 134 cm³/mol. The average Bonchev–Trinajstić information content (AvgIpc) is 2.73. The van der Waals surface area contributed by atoms with Crippen LogP contribution >= 0.6 is 0 Å². The van der Waals surface area contributed by atoms with Gasteiger partial charge in [0.1, 0.15) is 11.5 Å². The average molecular weight is 451 g/mol. The van der Waals surface area contributed by atoms with Crippen molar-refractivity contribution in [2.24, 2.45) is 11.8 Å². The summed E-state index contributed by atoms with van der Waals surface area (Å²) in [6.45, 7) is 16.6. The third kappa shape index (κ3) is 5.10. The molecule has 0 spiro atoms. The first kappa shape index (κ1) is 24.9. The molecule has 2 aliphatic carbocycles. The Morgan fingerprint density at radius 3 is 1.91 bits per heavy atom. The second-order valence-electron chi connectivity index (χ2n) is 10.0. The lowest BCUT2D eigenvalue weighted by atomic mass is 9.69. The second-order valence-corrected chi connectivity index (χ2v) is 10.0. The number of methoxy groups -OCH3 is 1. The van der Waals surface area contributed by atoms with E-state index in [0.29, 0.717) is 16.7 Å². The van der Waals surface area contributed by atoms with Crippen molar-refractivity contribution in [3.63, 3.8) is 0 Å². The molecule has 4 atom stereocenters. The van der Waals surface area contributed by atoms with Crippen molar-refractivity contribution in [2.75, 3.05) is 7.11 Å². The van der Waals surface area contributed by atoms with Crippen LogP contribution in [0, 0.1) is 11.8 Å². The fraction of sp³-hybridized carbons (Fsp3) is 0.483. The van der Waals surface area contributed by atoms with Crippen molar-refractivity contribution in [3.05, 3.63) is 70.4 Å². The maximum absolute atomic E-state index is 12.2. The Labute approximate surface area is 198 Å². The third-order valence-corrected chi connectivity index (χ3v) is 7.43. The summed E-state index contributed by atoms with van der Waals surface area (Å²) in [5.41, 5.74) is 6.42. The number of rotatable bonds is 6. The van der Waals surface area contributed by atoms with Gasteiger partial charge >= 0.3 is 5.97 Å². The van der Waals surface area contributed by atoms with E-state index in [0.717, 1.165) is 36.8 Å². The lowest BCUT2D eigenvalue weighted by Crippen LogP contribution is -2.21. The van der Waals surface area contributed by atoms with Crippen molar-refractivity contribution in [1.82, 2.24) is 0 Å². The van der Waals surface area contributed by atoms with E-state index in [9.17, 15) is 15.0 Å². The molecule has 1 aromatic rings. The van der Waals surface area contributed by atoms with Crippen LogP contribution in [0.15, 0.2) is 53.7 Å². The largest absolute Gasteiger partial charge is 0.507 e. The number of benzene rings is 1. The summed E-state index contributed by atoms with van der Waals surface area (Å²) < 4.78 is 4.92. The predicted octanol–water partition coefficient (Wildman–Crippen LogP) is 6.85. The highest BCUT2D eigenvalue weighted by Crippen LogP contribution is 2.52. The smallest absolute Gasteiger partial charge is 0.309 e. The minimum absolute atomic E-state index is 0.0109. The standard InChI is InChI=1S/C29H38O4/c1-16(2)21-10-8-18(5)12-23(21)27-20(15-26(31)33-7)14-25(30)28(29(27)32)24-13-19(6)9-11-22(24)17(3)4/h12-14,21-24,30,32H,1,3,8-11,15H2,2,4-7H3/t21-,22-,23+,24+/m0/s1. The quantitative estimate of drug-likeness (QED) is 0.368. The highest BCUT2D eigenvalue weighted by atomic mass is 16.5. The molecule has 4 nitrogen and oxygen atoms in total. The van der Waals surface area contributed by atoms with Crippen molar-refractivity contribution >= 4 is 5.97 Å². The summed E-state index contributed by atoms with van der Waals surface area (Å²) in [6.07, 6.45) is 8.16. The molecular formula is C29H38O4. The Hall–Kier alpha value is -2.75. The monoisotopic (exact) mass is 450 g/mol. The normalized spacial score (nSPS) is 25.1. The van der Waals surface area contributed by atoms with Crippen LogP contribution in [0.5, 0.6) is 11.5 Å². The molecule has 0 fully saturated rings. The van der Waals surface area contributed by atoms with Crippen LogP contribution in [0.1, 0.15) is 81.9 Å². The molecule has 0 aliphatic heterocycles. The number of aromatic hydroxyl groups is 2. The van der Waals surface area contributed by atoms with Crippen LogP contribution in [-0.4, -0.2) is 23.3 Å². The Kier molecular flexibility index (Phi) is 7.56. The highest BCUT2D eigenvalue weighted by molar-refractivity contribution is 5.75. The number of phenolic OH excluding ortho intramolecular Hbond substituents is 2. The van der Waals surface area contributed by atoms with Gasteiger partial charge in [0.15, 0.2) is 0 Å². The highest BCUT2D eigenvalue weighted by Gasteiger charge is 2.36. The van der Waals surface area contributed by atoms with E-state index in [4.69, 9.17) is 4.74 Å². The van der Waals surface area contributed by atoms with Crippen LogP contribution in [0.25, 0.3) is 0 Å². The molecule has 0 unspecified atom stereocenters. The number of hydrogen-bond donors (Lipinski definition) is 2. The lowest BCUT2D eigenvalue weighted by Gasteiger charge is -2.35. The summed E-state index contributed by atoms with van der Waals surface area (Å²) in [5.74, 6) is -0.316. The van der Waals surface area contributed by atoms with Gasteiger partial charge in [0, 0.05) is 23.0 Å². The molecule has 3 rings (SSSR count). The van der Waals surface area contributed by atoms with E-state index in [-0.39, 0.29) is 41.6 Å². The first-order valence-corrected chi connectivity index (χ1v) is 11.8. The zero-order valence-electron chi connectivity index (χ0n) is 20.7. The lowest BCUT2D eigenvalue weighted by molar-refractivity contribution is -0.139. The van der Waals surface area contributed by atoms with Gasteiger partial charge in [-0.25, -0.2) is 0 Å². The van der Waals surface area contributed by atoms with E-state index in [2.05, 4.69) is 39.2 Å². The SMILES string of the molecule is C=C(C)[C@@H]1CCC(C)=C[C@H]1c1c(O)cc(CC(=O)OC)c([C@@H]2C=C(C)CC[C@H]2C(=C)C)c1O. The Balaban J connectivity index is 2.29. The number of esters is 1. The molecule has 2 aliphatic rings. The van der Waals surface area contributed by atoms with E-state index < -0.39 is 5.97 Å². The summed E-state index contributed by atoms with van der Waals surface area (Å²) in [7, 11) is 1.35. The fourth-order valence-electron chi connectivity index (χ4n) is 5.63. The molecule has 0 saturated carbocycles. The van der Waals surface area contributed by atoms with Crippen LogP contribution in [0.3, 0.4) is 0 Å². The number of carbonyl (C=O) groups is 1. The van der Waals surface area contributed by atoms with E-state index in [1.165, 1.54) is 18.3 Å². The van der Waals surface area contributed by atoms with Crippen molar-refractivity contribution in [2.45, 2.75) is 71.6 Å². The van der Waals surface area contributed by atoms with E-state index in [1.54, 1.807) is 6.07 Å². The van der Waals surface area contributed by atoms with Crippen LogP contribution < -0.4 is 0 Å². The van der Waals surface area contributed by atoms with Gasteiger partial charge in [-0.3, -0.25) is 4.79 Å². The molecule has 0 heterocycles. The van der Waals surface area contributed by atoms with Crippen molar-refractivity contribution < 1.29 is 19.7 Å². The molecule has 0 bridgehead atoms. The second kappa shape index (κ2) is 10.0. The van der Waals surface area contributed by atoms with Crippen LogP contribution in [-0.2, 0) is 16.0 Å². The topological polar surface area (TPSA) is 66.8 Å². The van der Waals surface area contributed by atoms with E-state index >= 15 is 0 Å². The number of hydrogen-bond acceptors (Lipinski definition) is 4. The zero-order chi connectivity index (χ0) is 24.4. The molecule has 33 heavy (non-hydrogen) atoms. The minimum Gasteiger partial charge on any atom is -0.507 e. The molecule has 4 heteroatoms. The maximum Gasteiger partial charge on any atom is 0.309 e. The minimum atomic E-state index is -0.403. The summed E-state index contributed by atoms with van der Waals surface area (Å²) in [6, 6.07) is 1.65. The molecular weight excluding hydrogens is 412 g/mol. The number of allylic oxidation sites excluding steroid dienone is 6. The molecule has 2 N–H and O–H groups in total. The Bertz CT molecular complexity index is 1030. The van der Waals surface area contributed by atoms with Crippen molar-refractivity contribution in [3.8, 4) is 11.5 Å². The van der Waals surface area contributed by atoms with Gasteiger partial charge in [-0.05, 0) is 76.8 Å². The molecule has 0 aromatic heterocycles. The molecule has 178 valence electrons. The van der Waals surface area contributed by atoms with Gasteiger partial charge in [0.2, 0.25) is 0 Å². The van der Waals surface area contributed by atoms with Crippen molar-refractivity contribution in [1.29, 1.82) is 0 Å². The first-order chi connectivity index (χ1) is 15.5. The van der Waals surface area contributed by atoms with Gasteiger partial charge in [-0.2, -0.15) is 0 Å². The Morgan fingerprint density at radius 1 is 0.970 bits per heavy atom. The fourth-order valence-corrected chi connectivity index (χ4v) is 5.63. The summed E-state index contributed by atoms with van der Waals surface area (Å²) >= 11 is 0. The van der Waals surface area contributed by atoms with Gasteiger partial charge < -0.3 is 14.9 Å². The number of carbonyl (C=O) groups excluding carboxylic acids is 1. The first-order valence-electron chi connectivity index (χ1n) is 11.8. The summed E-state index contributed by atoms with van der Waals surface area (Å²) in [5, 5.41) is 22.9. The van der Waals surface area contributed by atoms with Gasteiger partial charge in [-0.1, -0.05) is 47.6 Å². The van der Waals surface area contributed by atoms with Crippen LogP contribution in [0.2, 0.25) is 0 Å². The Morgan fingerprint density at radius 2 is 1.45 bits per heavy atom. The molecule has 0 radical (unpaired) electrons.